The van der Waals surface area contributed by atoms with Gasteiger partial charge in [0.15, 0.2) is 0 Å². The summed E-state index contributed by atoms with van der Waals surface area (Å²) in [6, 6.07) is 6.62. The average Bonchev–Trinajstić information content (AvgIpc) is 2.39. The minimum absolute atomic E-state index is 0.0357. The number of nitriles is 1. The zero-order valence-corrected chi connectivity index (χ0v) is 11.2. The van der Waals surface area contributed by atoms with E-state index in [1.807, 2.05) is 18.7 Å². The number of nitrogens with two attached hydrogens (primary N) is 1. The van der Waals surface area contributed by atoms with E-state index in [1.165, 1.54) is 12.1 Å². The molecule has 0 fully saturated rings. The lowest BCUT2D eigenvalue weighted by Crippen LogP contribution is -2.28. The van der Waals surface area contributed by atoms with Crippen molar-refractivity contribution in [2.24, 2.45) is 5.92 Å². The molecule has 1 unspecified atom stereocenters. The van der Waals surface area contributed by atoms with Gasteiger partial charge in [-0.25, -0.2) is 0 Å². The molecule has 6 heteroatoms. The van der Waals surface area contributed by atoms with Crippen molar-refractivity contribution in [3.05, 3.63) is 33.9 Å². The van der Waals surface area contributed by atoms with Gasteiger partial charge in [0.1, 0.15) is 0 Å². The highest BCUT2D eigenvalue weighted by Crippen LogP contribution is 2.21. The molecule has 0 heterocycles. The van der Waals surface area contributed by atoms with Crippen LogP contribution in [0.4, 0.5) is 11.4 Å². The third-order valence-corrected chi connectivity index (χ3v) is 2.93. The number of benzene rings is 1. The molecule has 2 N–H and O–H groups in total. The summed E-state index contributed by atoms with van der Waals surface area (Å²) < 4.78 is 0. The van der Waals surface area contributed by atoms with Crippen LogP contribution < -0.4 is 5.73 Å². The number of nitro benzene ring substituents is 1. The van der Waals surface area contributed by atoms with E-state index in [9.17, 15) is 10.1 Å². The smallest absolute Gasteiger partial charge is 0.269 e. The van der Waals surface area contributed by atoms with Crippen LogP contribution in [0.5, 0.6) is 0 Å². The molecule has 0 spiro atoms. The molecule has 6 nitrogen and oxygen atoms in total. The van der Waals surface area contributed by atoms with Gasteiger partial charge < -0.3 is 5.73 Å². The standard InChI is InChI=1S/C13H18N4O2/c1-3-16(8-10(2)7-14)9-11-6-12(17(18)19)4-5-13(11)15/h4-6,10H,3,8-9,15H2,1-2H3. The molecule has 102 valence electrons. The molecule has 0 radical (unpaired) electrons. The van der Waals surface area contributed by atoms with Crippen molar-refractivity contribution in [2.75, 3.05) is 18.8 Å². The molecule has 0 aliphatic rings. The summed E-state index contributed by atoms with van der Waals surface area (Å²) in [5.74, 6) is -0.0835. The molecule has 0 saturated heterocycles. The Hall–Kier alpha value is -2.13. The monoisotopic (exact) mass is 262 g/mol. The second-order valence-corrected chi connectivity index (χ2v) is 4.50. The lowest BCUT2D eigenvalue weighted by atomic mass is 10.1. The molecule has 0 bridgehead atoms. The first-order valence-corrected chi connectivity index (χ1v) is 6.12. The van der Waals surface area contributed by atoms with Crippen LogP contribution in [0.15, 0.2) is 18.2 Å². The third kappa shape index (κ3) is 4.23. The van der Waals surface area contributed by atoms with Crippen LogP contribution in [-0.4, -0.2) is 22.9 Å². The minimum Gasteiger partial charge on any atom is -0.398 e. The summed E-state index contributed by atoms with van der Waals surface area (Å²) in [4.78, 5) is 12.4. The number of nitro groups is 1. The second-order valence-electron chi connectivity index (χ2n) is 4.50. The van der Waals surface area contributed by atoms with Crippen molar-refractivity contribution < 1.29 is 4.92 Å². The molecule has 1 aromatic rings. The Kier molecular flexibility index (Phi) is 5.27. The van der Waals surface area contributed by atoms with Crippen molar-refractivity contribution in [3.8, 4) is 6.07 Å². The summed E-state index contributed by atoms with van der Waals surface area (Å²) in [6.45, 7) is 5.72. The Balaban J connectivity index is 2.87. The van der Waals surface area contributed by atoms with Gasteiger partial charge in [-0.15, -0.1) is 0 Å². The number of nitrogens with zero attached hydrogens (tertiary/aromatic N) is 3. The van der Waals surface area contributed by atoms with Crippen LogP contribution in [0.25, 0.3) is 0 Å². The molecule has 0 saturated carbocycles. The Morgan fingerprint density at radius 2 is 2.26 bits per heavy atom. The maximum Gasteiger partial charge on any atom is 0.269 e. The molecule has 0 aliphatic heterocycles. The molecule has 0 aromatic heterocycles. The Morgan fingerprint density at radius 1 is 1.58 bits per heavy atom. The Labute approximate surface area is 112 Å². The fraction of sp³-hybridized carbons (Fsp3) is 0.462. The van der Waals surface area contributed by atoms with Gasteiger partial charge in [-0.3, -0.25) is 15.0 Å². The maximum atomic E-state index is 10.8. The molecule has 1 rings (SSSR count). The number of non-ortho nitro benzene ring substituents is 1. The highest BCUT2D eigenvalue weighted by Gasteiger charge is 2.13. The predicted octanol–water partition coefficient (Wildman–Crippen LogP) is 2.16. The lowest BCUT2D eigenvalue weighted by Gasteiger charge is -2.22. The SMILES string of the molecule is CCN(Cc1cc([N+](=O)[O-])ccc1N)CC(C)C#N. The van der Waals surface area contributed by atoms with Gasteiger partial charge in [0.2, 0.25) is 0 Å². The largest absolute Gasteiger partial charge is 0.398 e. The van der Waals surface area contributed by atoms with E-state index in [0.29, 0.717) is 18.8 Å². The van der Waals surface area contributed by atoms with E-state index < -0.39 is 4.92 Å². The van der Waals surface area contributed by atoms with Crippen molar-refractivity contribution in [2.45, 2.75) is 20.4 Å². The van der Waals surface area contributed by atoms with E-state index in [0.717, 1.165) is 12.1 Å². The number of hydrogen-bond donors (Lipinski definition) is 1. The van der Waals surface area contributed by atoms with Crippen LogP contribution in [0.3, 0.4) is 0 Å². The summed E-state index contributed by atoms with van der Waals surface area (Å²) in [5.41, 5.74) is 7.14. The van der Waals surface area contributed by atoms with Gasteiger partial charge in [-0.05, 0) is 25.1 Å². The first kappa shape index (κ1) is 14.9. The fourth-order valence-electron chi connectivity index (χ4n) is 1.82. The zero-order chi connectivity index (χ0) is 14.4. The van der Waals surface area contributed by atoms with Gasteiger partial charge in [0, 0.05) is 30.9 Å². The second kappa shape index (κ2) is 6.71. The lowest BCUT2D eigenvalue weighted by molar-refractivity contribution is -0.384. The third-order valence-electron chi connectivity index (χ3n) is 2.93. The summed E-state index contributed by atoms with van der Waals surface area (Å²) in [6.07, 6.45) is 0. The number of anilines is 1. The summed E-state index contributed by atoms with van der Waals surface area (Å²) in [5, 5.41) is 19.6. The Morgan fingerprint density at radius 3 is 2.79 bits per heavy atom. The quantitative estimate of drug-likeness (QED) is 0.481. The van der Waals surface area contributed by atoms with Crippen LogP contribution in [-0.2, 0) is 6.54 Å². The number of nitrogen functional groups attached to an aromatic ring is 1. The average molecular weight is 262 g/mol. The van der Waals surface area contributed by atoms with Gasteiger partial charge >= 0.3 is 0 Å². The van der Waals surface area contributed by atoms with E-state index in [1.54, 1.807) is 6.07 Å². The van der Waals surface area contributed by atoms with Crippen LogP contribution in [0.2, 0.25) is 0 Å². The molecular formula is C13H18N4O2. The predicted molar refractivity (Wildman–Crippen MR) is 73.2 cm³/mol. The van der Waals surface area contributed by atoms with Crippen LogP contribution >= 0.6 is 0 Å². The van der Waals surface area contributed by atoms with Gasteiger partial charge in [-0.1, -0.05) is 6.92 Å². The van der Waals surface area contributed by atoms with Gasteiger partial charge in [0.05, 0.1) is 16.9 Å². The number of hydrogen-bond acceptors (Lipinski definition) is 5. The summed E-state index contributed by atoms with van der Waals surface area (Å²) >= 11 is 0. The molecule has 1 atom stereocenters. The zero-order valence-electron chi connectivity index (χ0n) is 11.2. The van der Waals surface area contributed by atoms with Crippen LogP contribution in [0, 0.1) is 27.4 Å². The Bertz CT molecular complexity index is 496. The van der Waals surface area contributed by atoms with Gasteiger partial charge in [-0.2, -0.15) is 5.26 Å². The van der Waals surface area contributed by atoms with E-state index in [4.69, 9.17) is 11.0 Å². The first-order valence-electron chi connectivity index (χ1n) is 6.12. The summed E-state index contributed by atoms with van der Waals surface area (Å²) in [7, 11) is 0. The van der Waals surface area contributed by atoms with E-state index in [-0.39, 0.29) is 11.6 Å². The van der Waals surface area contributed by atoms with Crippen molar-refractivity contribution in [1.29, 1.82) is 5.26 Å². The molecule has 0 amide bonds. The normalized spacial score (nSPS) is 12.1. The topological polar surface area (TPSA) is 96.2 Å². The maximum absolute atomic E-state index is 10.8. The van der Waals surface area contributed by atoms with Crippen molar-refractivity contribution in [1.82, 2.24) is 4.90 Å². The highest BCUT2D eigenvalue weighted by molar-refractivity contribution is 5.52. The molecule has 19 heavy (non-hydrogen) atoms. The molecule has 0 aliphatic carbocycles. The van der Waals surface area contributed by atoms with Crippen LogP contribution in [0.1, 0.15) is 19.4 Å². The highest BCUT2D eigenvalue weighted by atomic mass is 16.6. The van der Waals surface area contributed by atoms with Crippen molar-refractivity contribution >= 4 is 11.4 Å². The minimum atomic E-state index is -0.433. The fourth-order valence-corrected chi connectivity index (χ4v) is 1.82. The molecular weight excluding hydrogens is 244 g/mol. The van der Waals surface area contributed by atoms with Crippen molar-refractivity contribution in [3.63, 3.8) is 0 Å². The van der Waals surface area contributed by atoms with E-state index >= 15 is 0 Å². The molecule has 1 aromatic carbocycles. The van der Waals surface area contributed by atoms with Gasteiger partial charge in [0.25, 0.3) is 5.69 Å². The number of rotatable bonds is 6. The first-order chi connectivity index (χ1) is 8.97. The van der Waals surface area contributed by atoms with E-state index in [2.05, 4.69) is 6.07 Å².